The molecule has 2 aromatic rings. The lowest BCUT2D eigenvalue weighted by Gasteiger charge is -2.22. The molecule has 0 saturated carbocycles. The molecule has 1 aliphatic rings. The number of anilines is 2. The molecule has 1 N–H and O–H groups in total. The van der Waals surface area contributed by atoms with Crippen molar-refractivity contribution in [3.8, 4) is 5.75 Å². The van der Waals surface area contributed by atoms with Crippen molar-refractivity contribution < 1.29 is 14.3 Å². The summed E-state index contributed by atoms with van der Waals surface area (Å²) in [5, 5.41) is 3.56. The van der Waals surface area contributed by atoms with E-state index in [4.69, 9.17) is 16.3 Å². The number of carbonyl (C=O) groups excluding carboxylic acids is 2. The van der Waals surface area contributed by atoms with E-state index in [1.54, 1.807) is 36.3 Å². The summed E-state index contributed by atoms with van der Waals surface area (Å²) in [7, 11) is 1.57. The van der Waals surface area contributed by atoms with Crippen LogP contribution in [-0.2, 0) is 15.0 Å². The van der Waals surface area contributed by atoms with E-state index in [1.165, 1.54) is 0 Å². The van der Waals surface area contributed by atoms with E-state index in [0.29, 0.717) is 23.0 Å². The first-order valence-corrected chi connectivity index (χ1v) is 9.62. The Morgan fingerprint density at radius 3 is 2.46 bits per heavy atom. The van der Waals surface area contributed by atoms with Crippen LogP contribution >= 0.6 is 11.6 Å². The van der Waals surface area contributed by atoms with Crippen LogP contribution in [0.1, 0.15) is 32.8 Å². The van der Waals surface area contributed by atoms with Gasteiger partial charge in [-0.1, -0.05) is 38.4 Å². The highest BCUT2D eigenvalue weighted by Gasteiger charge is 2.35. The van der Waals surface area contributed by atoms with Crippen LogP contribution in [0.3, 0.4) is 0 Å². The number of ether oxygens (including phenoxy) is 1. The predicted octanol–water partition coefficient (Wildman–Crippen LogP) is 4.64. The van der Waals surface area contributed by atoms with Gasteiger partial charge < -0.3 is 15.0 Å². The second kappa shape index (κ2) is 7.84. The van der Waals surface area contributed by atoms with Crippen molar-refractivity contribution in [3.05, 3.63) is 53.1 Å². The van der Waals surface area contributed by atoms with Gasteiger partial charge in [0.25, 0.3) is 0 Å². The van der Waals surface area contributed by atoms with Gasteiger partial charge in [0.2, 0.25) is 11.8 Å². The number of rotatable bonds is 4. The van der Waals surface area contributed by atoms with Crippen molar-refractivity contribution in [2.24, 2.45) is 5.92 Å². The second-order valence-electron chi connectivity index (χ2n) is 8.04. The summed E-state index contributed by atoms with van der Waals surface area (Å²) < 4.78 is 5.39. The number of nitrogens with one attached hydrogen (secondary N) is 1. The zero-order valence-corrected chi connectivity index (χ0v) is 17.3. The number of benzene rings is 2. The van der Waals surface area contributed by atoms with Gasteiger partial charge in [-0.05, 0) is 47.4 Å². The maximum atomic E-state index is 12.9. The zero-order valence-electron chi connectivity index (χ0n) is 16.6. The molecule has 0 aromatic heterocycles. The first-order valence-electron chi connectivity index (χ1n) is 9.24. The van der Waals surface area contributed by atoms with Gasteiger partial charge in [-0.2, -0.15) is 0 Å². The van der Waals surface area contributed by atoms with E-state index in [9.17, 15) is 9.59 Å². The minimum Gasteiger partial charge on any atom is -0.495 e. The lowest BCUT2D eigenvalue weighted by Crippen LogP contribution is -2.28. The summed E-state index contributed by atoms with van der Waals surface area (Å²) in [5.41, 5.74) is 2.41. The number of halogens is 1. The third kappa shape index (κ3) is 4.30. The molecule has 6 heteroatoms. The fourth-order valence-corrected chi connectivity index (χ4v) is 3.39. The predicted molar refractivity (Wildman–Crippen MR) is 112 cm³/mol. The highest BCUT2D eigenvalue weighted by Crippen LogP contribution is 2.33. The van der Waals surface area contributed by atoms with Crippen molar-refractivity contribution in [2.75, 3.05) is 23.9 Å². The number of methoxy groups -OCH3 is 1. The van der Waals surface area contributed by atoms with Crippen LogP contribution in [0.4, 0.5) is 11.4 Å². The Bertz CT molecular complexity index is 888. The minimum absolute atomic E-state index is 0.0551. The molecule has 148 valence electrons. The van der Waals surface area contributed by atoms with Crippen molar-refractivity contribution in [1.82, 2.24) is 0 Å². The zero-order chi connectivity index (χ0) is 20.5. The summed E-state index contributed by atoms with van der Waals surface area (Å²) in [6.07, 6.45) is 0.176. The van der Waals surface area contributed by atoms with Crippen molar-refractivity contribution in [3.63, 3.8) is 0 Å². The monoisotopic (exact) mass is 400 g/mol. The summed E-state index contributed by atoms with van der Waals surface area (Å²) >= 11 is 5.92. The number of amides is 2. The molecule has 1 aliphatic heterocycles. The van der Waals surface area contributed by atoms with Crippen LogP contribution in [0, 0.1) is 5.92 Å². The van der Waals surface area contributed by atoms with Crippen molar-refractivity contribution in [2.45, 2.75) is 32.6 Å². The largest absolute Gasteiger partial charge is 0.495 e. The molecule has 1 fully saturated rings. The summed E-state index contributed by atoms with van der Waals surface area (Å²) in [4.78, 5) is 26.9. The fraction of sp³-hybridized carbons (Fsp3) is 0.364. The quantitative estimate of drug-likeness (QED) is 0.813. The van der Waals surface area contributed by atoms with E-state index in [-0.39, 0.29) is 23.7 Å². The molecule has 5 nitrogen and oxygen atoms in total. The van der Waals surface area contributed by atoms with Crippen LogP contribution in [0.2, 0.25) is 5.02 Å². The van der Waals surface area contributed by atoms with Crippen LogP contribution < -0.4 is 15.0 Å². The molecular weight excluding hydrogens is 376 g/mol. The Labute approximate surface area is 170 Å². The summed E-state index contributed by atoms with van der Waals surface area (Å²) in [6.45, 7) is 6.67. The normalized spacial score (nSPS) is 17.0. The van der Waals surface area contributed by atoms with Gasteiger partial charge in [0, 0.05) is 23.7 Å². The standard InChI is InChI=1S/C22H25ClN2O3/c1-22(2,3)15-5-10-19(28-4)18(12-15)24-21(27)14-11-20(26)25(13-14)17-8-6-16(23)7-9-17/h5-10,12,14H,11,13H2,1-4H3,(H,24,27)/t14-/m0/s1. The Morgan fingerprint density at radius 2 is 1.86 bits per heavy atom. The third-order valence-corrected chi connectivity index (χ3v) is 5.21. The summed E-state index contributed by atoms with van der Waals surface area (Å²) in [5.74, 6) is -0.0848. The van der Waals surface area contributed by atoms with Gasteiger partial charge in [0.1, 0.15) is 5.75 Å². The topological polar surface area (TPSA) is 58.6 Å². The lowest BCUT2D eigenvalue weighted by molar-refractivity contribution is -0.122. The molecule has 2 amide bonds. The van der Waals surface area contributed by atoms with Crippen molar-refractivity contribution in [1.29, 1.82) is 0 Å². The molecule has 1 saturated heterocycles. The Balaban J connectivity index is 1.76. The van der Waals surface area contributed by atoms with E-state index in [2.05, 4.69) is 26.1 Å². The summed E-state index contributed by atoms with van der Waals surface area (Å²) in [6, 6.07) is 12.8. The third-order valence-electron chi connectivity index (χ3n) is 4.96. The van der Waals surface area contributed by atoms with Gasteiger partial charge in [-0.15, -0.1) is 0 Å². The minimum atomic E-state index is -0.425. The number of carbonyl (C=O) groups is 2. The Morgan fingerprint density at radius 1 is 1.18 bits per heavy atom. The highest BCUT2D eigenvalue weighted by atomic mass is 35.5. The molecule has 0 radical (unpaired) electrons. The molecule has 0 aliphatic carbocycles. The van der Waals surface area contributed by atoms with E-state index >= 15 is 0 Å². The van der Waals surface area contributed by atoms with E-state index in [1.807, 2.05) is 18.2 Å². The molecule has 0 bridgehead atoms. The molecule has 2 aromatic carbocycles. The SMILES string of the molecule is COc1ccc(C(C)(C)C)cc1NC(=O)[C@H]1CC(=O)N(c2ccc(Cl)cc2)C1. The highest BCUT2D eigenvalue weighted by molar-refractivity contribution is 6.30. The molecule has 0 spiro atoms. The van der Waals surface area contributed by atoms with Crippen LogP contribution in [0.25, 0.3) is 0 Å². The number of nitrogens with zero attached hydrogens (tertiary/aromatic N) is 1. The Kier molecular flexibility index (Phi) is 5.66. The van der Waals surface area contributed by atoms with Gasteiger partial charge in [0.15, 0.2) is 0 Å². The first-order chi connectivity index (χ1) is 13.2. The first kappa shape index (κ1) is 20.2. The maximum absolute atomic E-state index is 12.9. The van der Waals surface area contributed by atoms with E-state index in [0.717, 1.165) is 11.3 Å². The lowest BCUT2D eigenvalue weighted by atomic mass is 9.86. The van der Waals surface area contributed by atoms with Gasteiger partial charge >= 0.3 is 0 Å². The number of hydrogen-bond acceptors (Lipinski definition) is 3. The smallest absolute Gasteiger partial charge is 0.229 e. The Hall–Kier alpha value is -2.53. The van der Waals surface area contributed by atoms with Gasteiger partial charge in [-0.3, -0.25) is 9.59 Å². The van der Waals surface area contributed by atoms with Crippen LogP contribution in [-0.4, -0.2) is 25.5 Å². The maximum Gasteiger partial charge on any atom is 0.229 e. The second-order valence-corrected chi connectivity index (χ2v) is 8.47. The average molecular weight is 401 g/mol. The fourth-order valence-electron chi connectivity index (χ4n) is 3.26. The van der Waals surface area contributed by atoms with Crippen LogP contribution in [0.15, 0.2) is 42.5 Å². The number of hydrogen-bond donors (Lipinski definition) is 1. The van der Waals surface area contributed by atoms with E-state index < -0.39 is 5.92 Å². The molecule has 0 unspecified atom stereocenters. The van der Waals surface area contributed by atoms with Crippen molar-refractivity contribution >= 4 is 34.8 Å². The molecule has 28 heavy (non-hydrogen) atoms. The molecule has 1 heterocycles. The molecule has 1 atom stereocenters. The van der Waals surface area contributed by atoms with Gasteiger partial charge in [-0.25, -0.2) is 0 Å². The van der Waals surface area contributed by atoms with Crippen LogP contribution in [0.5, 0.6) is 5.75 Å². The van der Waals surface area contributed by atoms with Gasteiger partial charge in [0.05, 0.1) is 18.7 Å². The molecule has 3 rings (SSSR count). The molecular formula is C22H25ClN2O3. The average Bonchev–Trinajstić information content (AvgIpc) is 3.03.